The maximum absolute atomic E-state index is 13.4. The molecule has 0 atom stereocenters. The largest absolute Gasteiger partial charge is 0.497 e. The Hall–Kier alpha value is -3.48. The molecule has 1 aromatic carbocycles. The maximum Gasteiger partial charge on any atom is 0.272 e. The van der Waals surface area contributed by atoms with Crippen LogP contribution < -0.4 is 4.74 Å². The molecule has 7 nitrogen and oxygen atoms in total. The highest BCUT2D eigenvalue weighted by molar-refractivity contribution is 5.93. The standard InChI is InChI=1S/C27H34N4O3/c1-19(2)12-15-30(16-13-20(3)4)27(33)24-14-17-31-26(28-24)23(7-6-18-32)25(29-31)21-8-10-22(34-5)11-9-21/h6-11,14,17-20H,12-13,15-16H2,1-5H3. The fraction of sp³-hybridized carbons (Fsp3) is 0.407. The Labute approximate surface area is 201 Å². The molecule has 3 aromatic rings. The molecule has 0 aliphatic carbocycles. The lowest BCUT2D eigenvalue weighted by atomic mass is 10.1. The highest BCUT2D eigenvalue weighted by atomic mass is 16.5. The molecule has 0 N–H and O–H groups in total. The normalized spacial score (nSPS) is 11.6. The Morgan fingerprint density at radius 3 is 2.26 bits per heavy atom. The van der Waals surface area contributed by atoms with Crippen LogP contribution in [0.4, 0.5) is 0 Å². The van der Waals surface area contributed by atoms with Crippen molar-refractivity contribution in [2.24, 2.45) is 11.8 Å². The Balaban J connectivity index is 2.02. The van der Waals surface area contributed by atoms with Crippen molar-refractivity contribution in [3.63, 3.8) is 0 Å². The SMILES string of the molecule is COc1ccc(-c2nn3ccc(C(=O)N(CCC(C)C)CCC(C)C)nc3c2C=CC=O)cc1. The third-order valence-corrected chi connectivity index (χ3v) is 5.68. The molecule has 2 heterocycles. The quantitative estimate of drug-likeness (QED) is 0.291. The van der Waals surface area contributed by atoms with Gasteiger partial charge in [-0.05, 0) is 67.2 Å². The number of fused-ring (bicyclic) bond motifs is 1. The van der Waals surface area contributed by atoms with Gasteiger partial charge in [0.1, 0.15) is 23.4 Å². The number of nitrogens with zero attached hydrogens (tertiary/aromatic N) is 4. The van der Waals surface area contributed by atoms with Crippen molar-refractivity contribution in [3.8, 4) is 17.0 Å². The molecule has 0 radical (unpaired) electrons. The van der Waals surface area contributed by atoms with Gasteiger partial charge in [-0.3, -0.25) is 9.59 Å². The van der Waals surface area contributed by atoms with Crippen LogP contribution in [0, 0.1) is 11.8 Å². The van der Waals surface area contributed by atoms with Crippen molar-refractivity contribution in [2.45, 2.75) is 40.5 Å². The van der Waals surface area contributed by atoms with Gasteiger partial charge in [-0.15, -0.1) is 0 Å². The van der Waals surface area contributed by atoms with Crippen LogP contribution in [-0.4, -0.2) is 51.9 Å². The number of methoxy groups -OCH3 is 1. The summed E-state index contributed by atoms with van der Waals surface area (Å²) in [5.74, 6) is 1.67. The van der Waals surface area contributed by atoms with E-state index in [4.69, 9.17) is 9.72 Å². The first-order chi connectivity index (χ1) is 16.3. The highest BCUT2D eigenvalue weighted by Gasteiger charge is 2.21. The van der Waals surface area contributed by atoms with E-state index in [2.05, 4.69) is 32.8 Å². The van der Waals surface area contributed by atoms with Gasteiger partial charge in [-0.1, -0.05) is 27.7 Å². The van der Waals surface area contributed by atoms with Crippen molar-refractivity contribution >= 4 is 23.9 Å². The average Bonchev–Trinajstić information content (AvgIpc) is 3.19. The molecule has 3 rings (SSSR count). The molecule has 180 valence electrons. The Kier molecular flexibility index (Phi) is 8.57. The molecule has 34 heavy (non-hydrogen) atoms. The number of ether oxygens (including phenoxy) is 1. The van der Waals surface area contributed by atoms with E-state index in [9.17, 15) is 9.59 Å². The van der Waals surface area contributed by atoms with Crippen LogP contribution in [0.3, 0.4) is 0 Å². The van der Waals surface area contributed by atoms with E-state index < -0.39 is 0 Å². The van der Waals surface area contributed by atoms with E-state index in [0.717, 1.165) is 30.4 Å². The van der Waals surface area contributed by atoms with Crippen LogP contribution in [0.25, 0.3) is 23.0 Å². The number of aromatic nitrogens is 3. The molecular formula is C27H34N4O3. The monoisotopic (exact) mass is 462 g/mol. The summed E-state index contributed by atoms with van der Waals surface area (Å²) in [5.41, 5.74) is 3.13. The first kappa shape index (κ1) is 25.1. The van der Waals surface area contributed by atoms with E-state index in [1.165, 1.54) is 6.08 Å². The van der Waals surface area contributed by atoms with Gasteiger partial charge in [0.2, 0.25) is 0 Å². The second kappa shape index (κ2) is 11.6. The smallest absolute Gasteiger partial charge is 0.272 e. The second-order valence-electron chi connectivity index (χ2n) is 9.22. The van der Waals surface area contributed by atoms with Crippen LogP contribution in [0.2, 0.25) is 0 Å². The molecule has 0 unspecified atom stereocenters. The zero-order valence-corrected chi connectivity index (χ0v) is 20.7. The summed E-state index contributed by atoms with van der Waals surface area (Å²) in [6, 6.07) is 9.24. The summed E-state index contributed by atoms with van der Waals surface area (Å²) in [6.07, 6.45) is 7.45. The van der Waals surface area contributed by atoms with Gasteiger partial charge in [0, 0.05) is 30.4 Å². The number of hydrogen-bond donors (Lipinski definition) is 0. The molecule has 0 saturated heterocycles. The first-order valence-corrected chi connectivity index (χ1v) is 11.8. The minimum atomic E-state index is -0.0821. The molecule has 2 aromatic heterocycles. The van der Waals surface area contributed by atoms with Gasteiger partial charge < -0.3 is 9.64 Å². The highest BCUT2D eigenvalue weighted by Crippen LogP contribution is 2.28. The lowest BCUT2D eigenvalue weighted by Gasteiger charge is -2.24. The van der Waals surface area contributed by atoms with Crippen LogP contribution in [0.1, 0.15) is 56.6 Å². The van der Waals surface area contributed by atoms with Crippen LogP contribution in [0.5, 0.6) is 5.75 Å². The van der Waals surface area contributed by atoms with Gasteiger partial charge in [0.05, 0.1) is 7.11 Å². The summed E-state index contributed by atoms with van der Waals surface area (Å²) in [7, 11) is 1.62. The Morgan fingerprint density at radius 2 is 1.71 bits per heavy atom. The minimum Gasteiger partial charge on any atom is -0.497 e. The number of rotatable bonds is 11. The summed E-state index contributed by atoms with van der Waals surface area (Å²) < 4.78 is 6.90. The number of carbonyl (C=O) groups excluding carboxylic acids is 2. The van der Waals surface area contributed by atoms with Gasteiger partial charge >= 0.3 is 0 Å². The zero-order chi connectivity index (χ0) is 24.7. The summed E-state index contributed by atoms with van der Waals surface area (Å²) >= 11 is 0. The molecule has 0 aliphatic heterocycles. The van der Waals surface area contributed by atoms with Crippen molar-refractivity contribution in [3.05, 3.63) is 53.9 Å². The average molecular weight is 463 g/mol. The number of carbonyl (C=O) groups is 2. The van der Waals surface area contributed by atoms with Crippen molar-refractivity contribution in [1.82, 2.24) is 19.5 Å². The van der Waals surface area contributed by atoms with Crippen LogP contribution >= 0.6 is 0 Å². The number of benzene rings is 1. The predicted molar refractivity (Wildman–Crippen MR) is 135 cm³/mol. The van der Waals surface area contributed by atoms with Gasteiger partial charge in [0.25, 0.3) is 5.91 Å². The van der Waals surface area contributed by atoms with Crippen LogP contribution in [0.15, 0.2) is 42.6 Å². The topological polar surface area (TPSA) is 76.8 Å². The molecule has 0 spiro atoms. The van der Waals surface area contributed by atoms with Crippen molar-refractivity contribution in [1.29, 1.82) is 0 Å². The third kappa shape index (κ3) is 6.10. The van der Waals surface area contributed by atoms with Gasteiger partial charge in [0.15, 0.2) is 5.65 Å². The van der Waals surface area contributed by atoms with Crippen molar-refractivity contribution < 1.29 is 14.3 Å². The molecule has 7 heteroatoms. The molecule has 0 aliphatic rings. The summed E-state index contributed by atoms with van der Waals surface area (Å²) in [4.78, 5) is 31.1. The third-order valence-electron chi connectivity index (χ3n) is 5.68. The summed E-state index contributed by atoms with van der Waals surface area (Å²) in [5, 5.41) is 4.68. The first-order valence-electron chi connectivity index (χ1n) is 11.8. The van der Waals surface area contributed by atoms with Gasteiger partial charge in [-0.2, -0.15) is 5.10 Å². The number of allylic oxidation sites excluding steroid dienone is 1. The van der Waals surface area contributed by atoms with Crippen molar-refractivity contribution in [2.75, 3.05) is 20.2 Å². The van der Waals surface area contributed by atoms with E-state index in [1.807, 2.05) is 29.2 Å². The lowest BCUT2D eigenvalue weighted by Crippen LogP contribution is -2.34. The molecule has 0 saturated carbocycles. The fourth-order valence-electron chi connectivity index (χ4n) is 3.62. The number of aldehydes is 1. The van der Waals surface area contributed by atoms with E-state index >= 15 is 0 Å². The predicted octanol–water partition coefficient (Wildman–Crippen LogP) is 5.15. The molecular weight excluding hydrogens is 428 g/mol. The second-order valence-corrected chi connectivity index (χ2v) is 9.22. The van der Waals surface area contributed by atoms with E-state index in [1.54, 1.807) is 30.0 Å². The zero-order valence-electron chi connectivity index (χ0n) is 20.7. The molecule has 0 fully saturated rings. The van der Waals surface area contributed by atoms with Crippen LogP contribution in [-0.2, 0) is 4.79 Å². The molecule has 1 amide bonds. The Morgan fingerprint density at radius 1 is 1.06 bits per heavy atom. The molecule has 0 bridgehead atoms. The number of hydrogen-bond acceptors (Lipinski definition) is 5. The summed E-state index contributed by atoms with van der Waals surface area (Å²) in [6.45, 7) is 10.0. The minimum absolute atomic E-state index is 0.0821. The van der Waals surface area contributed by atoms with Gasteiger partial charge in [-0.25, -0.2) is 9.50 Å². The van der Waals surface area contributed by atoms with E-state index in [0.29, 0.717) is 47.5 Å². The Bertz CT molecular complexity index is 1130. The van der Waals surface area contributed by atoms with E-state index in [-0.39, 0.29) is 5.91 Å². The maximum atomic E-state index is 13.4. The lowest BCUT2D eigenvalue weighted by molar-refractivity contribution is -0.104. The number of amides is 1. The fourth-order valence-corrected chi connectivity index (χ4v) is 3.62.